The van der Waals surface area contributed by atoms with Gasteiger partial charge in [-0.3, -0.25) is 4.79 Å². The van der Waals surface area contributed by atoms with Crippen LogP contribution in [0.4, 0.5) is 8.78 Å². The number of nitrogens with one attached hydrogen (secondary N) is 1. The lowest BCUT2D eigenvalue weighted by Gasteiger charge is -2.18. The number of benzene rings is 1. The summed E-state index contributed by atoms with van der Waals surface area (Å²) >= 11 is 0. The van der Waals surface area contributed by atoms with Gasteiger partial charge in [0.25, 0.3) is 0 Å². The van der Waals surface area contributed by atoms with Gasteiger partial charge in [-0.15, -0.1) is 0 Å². The third kappa shape index (κ3) is 3.75. The first kappa shape index (κ1) is 14.5. The molecule has 18 heavy (non-hydrogen) atoms. The fourth-order valence-electron chi connectivity index (χ4n) is 1.50. The first-order valence-electron chi connectivity index (χ1n) is 5.45. The molecule has 2 atom stereocenters. The number of amides is 1. The number of hydrogen-bond acceptors (Lipinski definition) is 3. The van der Waals surface area contributed by atoms with Gasteiger partial charge in [0.2, 0.25) is 5.91 Å². The van der Waals surface area contributed by atoms with Crippen LogP contribution in [0.15, 0.2) is 18.2 Å². The zero-order valence-corrected chi connectivity index (χ0v) is 10.2. The van der Waals surface area contributed by atoms with Crippen molar-refractivity contribution in [3.63, 3.8) is 0 Å². The van der Waals surface area contributed by atoms with E-state index in [1.165, 1.54) is 7.11 Å². The van der Waals surface area contributed by atoms with Crippen LogP contribution in [0.25, 0.3) is 0 Å². The Morgan fingerprint density at radius 2 is 2.17 bits per heavy atom. The lowest BCUT2D eigenvalue weighted by atomic mass is 10.1. The second-order valence-electron chi connectivity index (χ2n) is 3.96. The molecule has 1 rings (SSSR count). The van der Waals surface area contributed by atoms with E-state index in [0.717, 1.165) is 18.2 Å². The maximum atomic E-state index is 13.4. The van der Waals surface area contributed by atoms with E-state index in [-0.39, 0.29) is 12.2 Å². The largest absolute Gasteiger partial charge is 0.383 e. The summed E-state index contributed by atoms with van der Waals surface area (Å²) in [6.45, 7) is 1.61. The molecule has 1 aromatic rings. The van der Waals surface area contributed by atoms with Gasteiger partial charge in [0.05, 0.1) is 12.6 Å². The molecule has 3 N–H and O–H groups in total. The summed E-state index contributed by atoms with van der Waals surface area (Å²) in [5.41, 5.74) is 5.59. The Morgan fingerprint density at radius 3 is 2.78 bits per heavy atom. The van der Waals surface area contributed by atoms with Gasteiger partial charge in [0, 0.05) is 12.7 Å². The van der Waals surface area contributed by atoms with Crippen LogP contribution in [-0.4, -0.2) is 25.7 Å². The Kier molecular flexibility index (Phi) is 5.18. The number of halogens is 2. The second kappa shape index (κ2) is 6.42. The molecular formula is C12H16F2N2O2. The zero-order valence-electron chi connectivity index (χ0n) is 10.2. The summed E-state index contributed by atoms with van der Waals surface area (Å²) in [5, 5.41) is 2.50. The summed E-state index contributed by atoms with van der Waals surface area (Å²) in [7, 11) is 1.42. The molecule has 100 valence electrons. The molecule has 0 saturated heterocycles. The summed E-state index contributed by atoms with van der Waals surface area (Å²) in [4.78, 5) is 11.6. The van der Waals surface area contributed by atoms with Gasteiger partial charge in [0.1, 0.15) is 17.7 Å². The van der Waals surface area contributed by atoms with Crippen molar-refractivity contribution in [1.29, 1.82) is 0 Å². The van der Waals surface area contributed by atoms with Crippen molar-refractivity contribution in [3.8, 4) is 0 Å². The molecule has 0 spiro atoms. The van der Waals surface area contributed by atoms with Crippen molar-refractivity contribution < 1.29 is 18.3 Å². The summed E-state index contributed by atoms with van der Waals surface area (Å²) in [6.07, 6.45) is 0. The molecule has 1 amide bonds. The van der Waals surface area contributed by atoms with E-state index >= 15 is 0 Å². The van der Waals surface area contributed by atoms with E-state index in [2.05, 4.69) is 5.32 Å². The highest BCUT2D eigenvalue weighted by molar-refractivity contribution is 5.82. The number of nitrogens with two attached hydrogens (primary N) is 1. The first-order valence-corrected chi connectivity index (χ1v) is 5.45. The van der Waals surface area contributed by atoms with Crippen molar-refractivity contribution in [1.82, 2.24) is 5.32 Å². The van der Waals surface area contributed by atoms with Gasteiger partial charge in [-0.05, 0) is 25.1 Å². The molecule has 4 nitrogen and oxygen atoms in total. The molecule has 0 saturated carbocycles. The predicted octanol–water partition coefficient (Wildman–Crippen LogP) is 1.12. The maximum Gasteiger partial charge on any atom is 0.239 e. The van der Waals surface area contributed by atoms with Crippen LogP contribution >= 0.6 is 0 Å². The normalized spacial score (nSPS) is 14.1. The molecular weight excluding hydrogens is 242 g/mol. The molecule has 0 aliphatic rings. The third-order valence-electron chi connectivity index (χ3n) is 2.47. The minimum absolute atomic E-state index is 0.0597. The average molecular weight is 258 g/mol. The van der Waals surface area contributed by atoms with E-state index in [9.17, 15) is 13.6 Å². The first-order chi connectivity index (χ1) is 8.45. The lowest BCUT2D eigenvalue weighted by Crippen LogP contribution is -2.44. The van der Waals surface area contributed by atoms with E-state index in [1.54, 1.807) is 6.92 Å². The number of carbonyl (C=O) groups is 1. The Hall–Kier alpha value is -1.53. The van der Waals surface area contributed by atoms with Crippen LogP contribution in [0, 0.1) is 11.6 Å². The van der Waals surface area contributed by atoms with Gasteiger partial charge < -0.3 is 15.8 Å². The fraction of sp³-hybridized carbons (Fsp3) is 0.417. The van der Waals surface area contributed by atoms with Crippen LogP contribution in [0.2, 0.25) is 0 Å². The molecule has 0 aromatic heterocycles. The molecule has 6 heteroatoms. The van der Waals surface area contributed by atoms with Crippen molar-refractivity contribution >= 4 is 5.91 Å². The van der Waals surface area contributed by atoms with E-state index in [1.807, 2.05) is 0 Å². The average Bonchev–Trinajstić information content (AvgIpc) is 2.32. The molecule has 0 radical (unpaired) electrons. The van der Waals surface area contributed by atoms with E-state index < -0.39 is 29.6 Å². The molecule has 0 bridgehead atoms. The topological polar surface area (TPSA) is 64.3 Å². The minimum Gasteiger partial charge on any atom is -0.383 e. The fourth-order valence-corrected chi connectivity index (χ4v) is 1.50. The van der Waals surface area contributed by atoms with Gasteiger partial charge in [0.15, 0.2) is 0 Å². The molecule has 1 aromatic carbocycles. The zero-order chi connectivity index (χ0) is 13.7. The van der Waals surface area contributed by atoms with E-state index in [0.29, 0.717) is 0 Å². The maximum absolute atomic E-state index is 13.4. The highest BCUT2D eigenvalue weighted by Gasteiger charge is 2.18. The molecule has 0 aliphatic heterocycles. The predicted molar refractivity (Wildman–Crippen MR) is 62.8 cm³/mol. The smallest absolute Gasteiger partial charge is 0.239 e. The van der Waals surface area contributed by atoms with Crippen LogP contribution in [-0.2, 0) is 9.53 Å². The summed E-state index contributed by atoms with van der Waals surface area (Å²) in [5.74, 6) is -1.62. The monoisotopic (exact) mass is 258 g/mol. The van der Waals surface area contributed by atoms with Crippen molar-refractivity contribution in [2.24, 2.45) is 5.73 Å². The quantitative estimate of drug-likeness (QED) is 0.831. The van der Waals surface area contributed by atoms with Crippen LogP contribution in [0.3, 0.4) is 0 Å². The number of methoxy groups -OCH3 is 1. The highest BCUT2D eigenvalue weighted by Crippen LogP contribution is 2.17. The number of hydrogen-bond donors (Lipinski definition) is 2. The van der Waals surface area contributed by atoms with Crippen molar-refractivity contribution in [2.75, 3.05) is 13.7 Å². The van der Waals surface area contributed by atoms with Crippen LogP contribution in [0.1, 0.15) is 18.5 Å². The molecule has 0 fully saturated rings. The highest BCUT2D eigenvalue weighted by atomic mass is 19.1. The SMILES string of the molecule is COCC(N)C(=O)NC(C)c1cc(F)ccc1F. The van der Waals surface area contributed by atoms with Crippen LogP contribution in [0.5, 0.6) is 0 Å². The minimum atomic E-state index is -0.839. The number of ether oxygens (including phenoxy) is 1. The molecule has 0 aliphatic carbocycles. The third-order valence-corrected chi connectivity index (χ3v) is 2.47. The van der Waals surface area contributed by atoms with Gasteiger partial charge in [-0.1, -0.05) is 0 Å². The summed E-state index contributed by atoms with van der Waals surface area (Å²) < 4.78 is 31.2. The second-order valence-corrected chi connectivity index (χ2v) is 3.96. The Labute approximate surface area is 104 Å². The number of carbonyl (C=O) groups excluding carboxylic acids is 1. The van der Waals surface area contributed by atoms with Gasteiger partial charge >= 0.3 is 0 Å². The Bertz CT molecular complexity index is 427. The molecule has 2 unspecified atom stereocenters. The molecule has 0 heterocycles. The van der Waals surface area contributed by atoms with Crippen LogP contribution < -0.4 is 11.1 Å². The van der Waals surface area contributed by atoms with E-state index in [4.69, 9.17) is 10.5 Å². The Balaban J connectivity index is 2.73. The summed E-state index contributed by atoms with van der Waals surface area (Å²) in [6, 6.07) is 1.57. The van der Waals surface area contributed by atoms with Crippen molar-refractivity contribution in [3.05, 3.63) is 35.4 Å². The standard InChI is InChI=1S/C12H16F2N2O2/c1-7(16-12(17)11(15)6-18-2)9-5-8(13)3-4-10(9)14/h3-5,7,11H,6,15H2,1-2H3,(H,16,17). The van der Waals surface area contributed by atoms with Gasteiger partial charge in [-0.2, -0.15) is 0 Å². The van der Waals surface area contributed by atoms with Crippen molar-refractivity contribution in [2.45, 2.75) is 19.0 Å². The lowest BCUT2D eigenvalue weighted by molar-refractivity contribution is -0.124. The number of rotatable bonds is 5. The Morgan fingerprint density at radius 1 is 1.50 bits per heavy atom. The van der Waals surface area contributed by atoms with Gasteiger partial charge in [-0.25, -0.2) is 8.78 Å².